The Morgan fingerprint density at radius 3 is 2.73 bits per heavy atom. The number of hydrogen-bond donors (Lipinski definition) is 1. The molecule has 2 heterocycles. The van der Waals surface area contributed by atoms with Gasteiger partial charge in [0.15, 0.2) is 6.61 Å². The van der Waals surface area contributed by atoms with Crippen molar-refractivity contribution in [3.05, 3.63) is 62.7 Å². The standard InChI is InChI=1S/C22H21BrN4O2S/c1-13(2)24-22-27(26-14(3)15-4-7-17(23)8-5-15)19(12-30-22)16-6-9-20-18(10-16)25-21(28)11-29-20/h4-10,12-13H,11H2,1-3H3,(H,25,28). The van der Waals surface area contributed by atoms with Gasteiger partial charge in [-0.1, -0.05) is 28.1 Å². The molecule has 0 aliphatic carbocycles. The molecule has 3 aromatic rings. The van der Waals surface area contributed by atoms with Crippen molar-refractivity contribution in [3.8, 4) is 17.0 Å². The zero-order valence-corrected chi connectivity index (χ0v) is 19.3. The summed E-state index contributed by atoms with van der Waals surface area (Å²) in [6, 6.07) is 13.9. The van der Waals surface area contributed by atoms with Gasteiger partial charge in [0.2, 0.25) is 4.80 Å². The van der Waals surface area contributed by atoms with E-state index >= 15 is 0 Å². The fraction of sp³-hybridized carbons (Fsp3) is 0.227. The van der Waals surface area contributed by atoms with Gasteiger partial charge in [0.05, 0.1) is 17.1 Å². The van der Waals surface area contributed by atoms with Crippen molar-refractivity contribution in [3.63, 3.8) is 0 Å². The van der Waals surface area contributed by atoms with Gasteiger partial charge in [-0.3, -0.25) is 9.79 Å². The number of fused-ring (bicyclic) bond motifs is 1. The number of nitrogens with one attached hydrogen (secondary N) is 1. The third kappa shape index (κ3) is 4.39. The summed E-state index contributed by atoms with van der Waals surface area (Å²) in [4.78, 5) is 17.3. The van der Waals surface area contributed by atoms with E-state index in [4.69, 9.17) is 14.8 Å². The summed E-state index contributed by atoms with van der Waals surface area (Å²) in [6.07, 6.45) is 0. The van der Waals surface area contributed by atoms with E-state index in [1.165, 1.54) is 0 Å². The molecule has 1 aliphatic heterocycles. The van der Waals surface area contributed by atoms with Crippen LogP contribution in [0, 0.1) is 0 Å². The lowest BCUT2D eigenvalue weighted by molar-refractivity contribution is -0.118. The van der Waals surface area contributed by atoms with Crippen LogP contribution in [0.5, 0.6) is 5.75 Å². The van der Waals surface area contributed by atoms with E-state index in [0.29, 0.717) is 11.4 Å². The molecule has 0 unspecified atom stereocenters. The van der Waals surface area contributed by atoms with Crippen LogP contribution in [0.3, 0.4) is 0 Å². The van der Waals surface area contributed by atoms with Gasteiger partial charge in [-0.05, 0) is 56.7 Å². The Kier molecular flexibility index (Phi) is 5.87. The molecular weight excluding hydrogens is 464 g/mol. The molecule has 1 amide bonds. The first-order valence-electron chi connectivity index (χ1n) is 9.53. The molecule has 0 fully saturated rings. The average molecular weight is 485 g/mol. The lowest BCUT2D eigenvalue weighted by Crippen LogP contribution is -2.25. The van der Waals surface area contributed by atoms with E-state index in [0.717, 1.165) is 31.8 Å². The lowest BCUT2D eigenvalue weighted by Gasteiger charge is -2.18. The van der Waals surface area contributed by atoms with E-state index in [2.05, 4.69) is 21.2 Å². The number of halogens is 1. The minimum absolute atomic E-state index is 0.0406. The van der Waals surface area contributed by atoms with Crippen molar-refractivity contribution in [2.24, 2.45) is 10.1 Å². The van der Waals surface area contributed by atoms with E-state index in [1.807, 2.05) is 73.3 Å². The number of rotatable bonds is 4. The summed E-state index contributed by atoms with van der Waals surface area (Å²) < 4.78 is 8.38. The molecule has 0 saturated heterocycles. The molecule has 0 spiro atoms. The first-order valence-corrected chi connectivity index (χ1v) is 11.2. The third-order valence-electron chi connectivity index (χ3n) is 4.47. The Morgan fingerprint density at radius 1 is 1.23 bits per heavy atom. The molecule has 0 atom stereocenters. The summed E-state index contributed by atoms with van der Waals surface area (Å²) >= 11 is 5.01. The van der Waals surface area contributed by atoms with Gasteiger partial charge in [0, 0.05) is 21.5 Å². The monoisotopic (exact) mass is 484 g/mol. The Morgan fingerprint density at radius 2 is 2.00 bits per heavy atom. The van der Waals surface area contributed by atoms with Crippen LogP contribution < -0.4 is 14.9 Å². The molecule has 30 heavy (non-hydrogen) atoms. The van der Waals surface area contributed by atoms with E-state index < -0.39 is 0 Å². The van der Waals surface area contributed by atoms with E-state index in [1.54, 1.807) is 11.3 Å². The third-order valence-corrected chi connectivity index (χ3v) is 5.83. The van der Waals surface area contributed by atoms with Crippen LogP contribution in [0.2, 0.25) is 0 Å². The lowest BCUT2D eigenvalue weighted by atomic mass is 10.1. The van der Waals surface area contributed by atoms with Gasteiger partial charge in [-0.25, -0.2) is 4.68 Å². The summed E-state index contributed by atoms with van der Waals surface area (Å²) in [5.41, 5.74) is 4.40. The quantitative estimate of drug-likeness (QED) is 0.535. The number of nitrogens with zero attached hydrogens (tertiary/aromatic N) is 3. The molecule has 1 aliphatic rings. The molecule has 4 rings (SSSR count). The predicted octanol–water partition coefficient (Wildman–Crippen LogP) is 4.89. The van der Waals surface area contributed by atoms with E-state index in [9.17, 15) is 4.79 Å². The Hall–Kier alpha value is -2.71. The first-order chi connectivity index (χ1) is 14.4. The number of hydrogen-bond acceptors (Lipinski definition) is 5. The number of aromatic nitrogens is 1. The normalized spacial score (nSPS) is 14.5. The summed E-state index contributed by atoms with van der Waals surface area (Å²) in [5, 5.41) is 9.79. The number of carbonyl (C=O) groups is 1. The maximum Gasteiger partial charge on any atom is 0.262 e. The number of anilines is 1. The van der Waals surface area contributed by atoms with Crippen LogP contribution in [-0.4, -0.2) is 28.9 Å². The molecule has 1 aromatic heterocycles. The van der Waals surface area contributed by atoms with Crippen molar-refractivity contribution in [2.75, 3.05) is 11.9 Å². The second kappa shape index (κ2) is 8.57. The van der Waals surface area contributed by atoms with Crippen molar-refractivity contribution in [2.45, 2.75) is 26.8 Å². The molecule has 0 bridgehead atoms. The number of ether oxygens (including phenoxy) is 1. The number of amides is 1. The first kappa shape index (κ1) is 20.6. The highest BCUT2D eigenvalue weighted by Crippen LogP contribution is 2.33. The highest BCUT2D eigenvalue weighted by molar-refractivity contribution is 9.10. The maximum atomic E-state index is 11.7. The van der Waals surface area contributed by atoms with Crippen molar-refractivity contribution in [1.82, 2.24) is 4.68 Å². The Labute approximate surface area is 187 Å². The number of benzene rings is 2. The highest BCUT2D eigenvalue weighted by atomic mass is 79.9. The van der Waals surface area contributed by atoms with Crippen molar-refractivity contribution >= 4 is 44.6 Å². The Bertz CT molecular complexity index is 1190. The van der Waals surface area contributed by atoms with Crippen LogP contribution >= 0.6 is 27.3 Å². The SMILES string of the molecule is CC(=Nn1c(-c2ccc3c(c2)NC(=O)CO3)csc1=NC(C)C)c1ccc(Br)cc1. The van der Waals surface area contributed by atoms with Crippen LogP contribution in [0.15, 0.2) is 62.4 Å². The minimum Gasteiger partial charge on any atom is -0.482 e. The summed E-state index contributed by atoms with van der Waals surface area (Å²) in [5.74, 6) is 0.513. The fourth-order valence-electron chi connectivity index (χ4n) is 3.05. The van der Waals surface area contributed by atoms with Crippen LogP contribution in [0.25, 0.3) is 11.3 Å². The topological polar surface area (TPSA) is 68.0 Å². The Balaban J connectivity index is 1.83. The number of carbonyl (C=O) groups excluding carboxylic acids is 1. The van der Waals surface area contributed by atoms with Crippen molar-refractivity contribution < 1.29 is 9.53 Å². The maximum absolute atomic E-state index is 11.7. The molecule has 0 saturated carbocycles. The molecule has 6 nitrogen and oxygen atoms in total. The zero-order valence-electron chi connectivity index (χ0n) is 16.8. The van der Waals surface area contributed by atoms with Gasteiger partial charge in [-0.2, -0.15) is 5.10 Å². The fourth-order valence-corrected chi connectivity index (χ4v) is 4.27. The second-order valence-corrected chi connectivity index (χ2v) is 8.93. The van der Waals surface area contributed by atoms with Gasteiger partial charge in [0.25, 0.3) is 5.91 Å². The van der Waals surface area contributed by atoms with Crippen LogP contribution in [0.4, 0.5) is 5.69 Å². The van der Waals surface area contributed by atoms with E-state index in [-0.39, 0.29) is 18.6 Å². The molecule has 154 valence electrons. The molecule has 2 aromatic carbocycles. The number of thiazole rings is 1. The highest BCUT2D eigenvalue weighted by Gasteiger charge is 2.18. The average Bonchev–Trinajstić information content (AvgIpc) is 3.09. The molecular formula is C22H21BrN4O2S. The van der Waals surface area contributed by atoms with Gasteiger partial charge >= 0.3 is 0 Å². The summed E-state index contributed by atoms with van der Waals surface area (Å²) in [7, 11) is 0. The van der Waals surface area contributed by atoms with Crippen LogP contribution in [-0.2, 0) is 4.79 Å². The van der Waals surface area contributed by atoms with Gasteiger partial charge in [0.1, 0.15) is 5.75 Å². The predicted molar refractivity (Wildman–Crippen MR) is 124 cm³/mol. The van der Waals surface area contributed by atoms with Gasteiger partial charge < -0.3 is 10.1 Å². The molecule has 1 N–H and O–H groups in total. The minimum atomic E-state index is -0.155. The smallest absolute Gasteiger partial charge is 0.262 e. The van der Waals surface area contributed by atoms with Gasteiger partial charge in [-0.15, -0.1) is 11.3 Å². The molecule has 8 heteroatoms. The zero-order chi connectivity index (χ0) is 21.3. The largest absolute Gasteiger partial charge is 0.482 e. The second-order valence-electron chi connectivity index (χ2n) is 7.18. The van der Waals surface area contributed by atoms with Crippen LogP contribution in [0.1, 0.15) is 26.3 Å². The summed E-state index contributed by atoms with van der Waals surface area (Å²) in [6.45, 7) is 6.11. The van der Waals surface area contributed by atoms with Crippen molar-refractivity contribution in [1.29, 1.82) is 0 Å². The molecule has 0 radical (unpaired) electrons.